The zero-order valence-electron chi connectivity index (χ0n) is 10.8. The topological polar surface area (TPSA) is 93.3 Å². The van der Waals surface area contributed by atoms with Gasteiger partial charge in [0.05, 0.1) is 24.0 Å². The summed E-state index contributed by atoms with van der Waals surface area (Å²) >= 11 is 1.07. The van der Waals surface area contributed by atoms with Crippen molar-refractivity contribution in [2.75, 3.05) is 13.2 Å². The van der Waals surface area contributed by atoms with Crippen LogP contribution in [0.3, 0.4) is 0 Å². The Labute approximate surface area is 115 Å². The smallest absolute Gasteiger partial charge is 0.245 e. The summed E-state index contributed by atoms with van der Waals surface area (Å²) in [5.41, 5.74) is 0.886. The van der Waals surface area contributed by atoms with E-state index in [1.165, 1.54) is 6.20 Å². The van der Waals surface area contributed by atoms with E-state index in [9.17, 15) is 5.11 Å². The van der Waals surface area contributed by atoms with Crippen molar-refractivity contribution in [3.8, 4) is 5.88 Å². The van der Waals surface area contributed by atoms with Crippen molar-refractivity contribution in [2.24, 2.45) is 0 Å². The van der Waals surface area contributed by atoms with Gasteiger partial charge in [0.15, 0.2) is 0 Å². The SMILES string of the molecule is Cc1nc(CNCC(O)COc2cnsn2)oc1C. The molecule has 2 aromatic rings. The Balaban J connectivity index is 1.65. The van der Waals surface area contributed by atoms with Gasteiger partial charge < -0.3 is 19.6 Å². The summed E-state index contributed by atoms with van der Waals surface area (Å²) in [6.07, 6.45) is 0.891. The number of aryl methyl sites for hydroxylation is 2. The molecule has 19 heavy (non-hydrogen) atoms. The van der Waals surface area contributed by atoms with Crippen LogP contribution in [0.4, 0.5) is 0 Å². The van der Waals surface area contributed by atoms with Crippen LogP contribution < -0.4 is 10.1 Å². The summed E-state index contributed by atoms with van der Waals surface area (Å²) in [5.74, 6) is 1.87. The Morgan fingerprint density at radius 2 is 2.37 bits per heavy atom. The number of nitrogens with one attached hydrogen (secondary N) is 1. The van der Waals surface area contributed by atoms with Gasteiger partial charge in [-0.1, -0.05) is 0 Å². The molecule has 0 amide bonds. The number of aliphatic hydroxyl groups is 1. The Kier molecular flexibility index (Phi) is 4.83. The highest BCUT2D eigenvalue weighted by atomic mass is 32.1. The molecule has 1 atom stereocenters. The third-order valence-electron chi connectivity index (χ3n) is 2.49. The standard InChI is InChI=1S/C11H16N4O3S/c1-7-8(2)18-10(14-7)4-12-3-9(16)6-17-11-5-13-19-15-11/h5,9,12,16H,3-4,6H2,1-2H3. The van der Waals surface area contributed by atoms with E-state index in [0.717, 1.165) is 23.2 Å². The maximum absolute atomic E-state index is 9.70. The Hall–Kier alpha value is -1.51. The van der Waals surface area contributed by atoms with E-state index in [4.69, 9.17) is 9.15 Å². The van der Waals surface area contributed by atoms with Crippen molar-refractivity contribution in [2.45, 2.75) is 26.5 Å². The fraction of sp³-hybridized carbons (Fsp3) is 0.545. The molecular weight excluding hydrogens is 268 g/mol. The third kappa shape index (κ3) is 4.27. The lowest BCUT2D eigenvalue weighted by atomic mass is 10.4. The Morgan fingerprint density at radius 1 is 1.53 bits per heavy atom. The van der Waals surface area contributed by atoms with E-state index in [-0.39, 0.29) is 6.61 Å². The molecule has 2 N–H and O–H groups in total. The predicted octanol–water partition coefficient (Wildman–Crippen LogP) is 0.672. The third-order valence-corrected chi connectivity index (χ3v) is 2.95. The highest BCUT2D eigenvalue weighted by Crippen LogP contribution is 2.08. The molecule has 7 nitrogen and oxygen atoms in total. The van der Waals surface area contributed by atoms with Crippen LogP contribution in [0.15, 0.2) is 10.6 Å². The summed E-state index contributed by atoms with van der Waals surface area (Å²) in [6.45, 7) is 4.80. The second-order valence-corrected chi connectivity index (χ2v) is 4.65. The molecular formula is C11H16N4O3S. The van der Waals surface area contributed by atoms with Gasteiger partial charge in [0.25, 0.3) is 0 Å². The van der Waals surface area contributed by atoms with Gasteiger partial charge >= 0.3 is 0 Å². The first-order chi connectivity index (χ1) is 9.15. The number of hydrogen-bond donors (Lipinski definition) is 2. The van der Waals surface area contributed by atoms with Gasteiger partial charge in [-0.2, -0.15) is 4.37 Å². The zero-order chi connectivity index (χ0) is 13.7. The van der Waals surface area contributed by atoms with Crippen LogP contribution in [0.1, 0.15) is 17.3 Å². The van der Waals surface area contributed by atoms with Crippen molar-refractivity contribution in [3.05, 3.63) is 23.5 Å². The molecule has 0 aliphatic carbocycles. The molecule has 0 aliphatic rings. The molecule has 0 bridgehead atoms. The minimum absolute atomic E-state index is 0.169. The molecule has 2 rings (SSSR count). The van der Waals surface area contributed by atoms with Crippen LogP contribution in [0.2, 0.25) is 0 Å². The first-order valence-electron chi connectivity index (χ1n) is 5.87. The number of hydrogen-bond acceptors (Lipinski definition) is 8. The Bertz CT molecular complexity index is 481. The lowest BCUT2D eigenvalue weighted by Crippen LogP contribution is -2.31. The van der Waals surface area contributed by atoms with Crippen LogP contribution in [0.25, 0.3) is 0 Å². The number of nitrogens with zero attached hydrogens (tertiary/aromatic N) is 3. The first-order valence-corrected chi connectivity index (χ1v) is 6.60. The van der Waals surface area contributed by atoms with Crippen LogP contribution in [0.5, 0.6) is 5.88 Å². The van der Waals surface area contributed by atoms with Gasteiger partial charge in [0.2, 0.25) is 11.8 Å². The second kappa shape index (κ2) is 6.60. The zero-order valence-corrected chi connectivity index (χ0v) is 11.6. The van der Waals surface area contributed by atoms with Gasteiger partial charge in [0.1, 0.15) is 24.7 Å². The number of ether oxygens (including phenoxy) is 1. The minimum atomic E-state index is -0.626. The molecule has 1 unspecified atom stereocenters. The van der Waals surface area contributed by atoms with Gasteiger partial charge in [-0.25, -0.2) is 4.98 Å². The molecule has 0 aromatic carbocycles. The lowest BCUT2D eigenvalue weighted by molar-refractivity contribution is 0.103. The van der Waals surface area contributed by atoms with Crippen LogP contribution >= 0.6 is 11.7 Å². The van der Waals surface area contributed by atoms with E-state index in [1.54, 1.807) is 0 Å². The predicted molar refractivity (Wildman–Crippen MR) is 69.1 cm³/mol. The summed E-state index contributed by atoms with van der Waals surface area (Å²) in [7, 11) is 0. The summed E-state index contributed by atoms with van der Waals surface area (Å²) in [6, 6.07) is 0. The molecule has 0 saturated carbocycles. The molecule has 0 saturated heterocycles. The largest absolute Gasteiger partial charge is 0.473 e. The fourth-order valence-electron chi connectivity index (χ4n) is 1.42. The molecule has 2 aromatic heterocycles. The number of oxazole rings is 1. The van der Waals surface area contributed by atoms with E-state index in [2.05, 4.69) is 19.0 Å². The number of aliphatic hydroxyl groups excluding tert-OH is 1. The van der Waals surface area contributed by atoms with Crippen molar-refractivity contribution >= 4 is 11.7 Å². The van der Waals surface area contributed by atoms with Crippen molar-refractivity contribution in [3.63, 3.8) is 0 Å². The summed E-state index contributed by atoms with van der Waals surface area (Å²) in [5, 5.41) is 12.8. The van der Waals surface area contributed by atoms with Gasteiger partial charge in [0, 0.05) is 6.54 Å². The van der Waals surface area contributed by atoms with Crippen molar-refractivity contribution < 1.29 is 14.3 Å². The minimum Gasteiger partial charge on any atom is -0.473 e. The monoisotopic (exact) mass is 284 g/mol. The van der Waals surface area contributed by atoms with Crippen LogP contribution in [-0.4, -0.2) is 38.1 Å². The molecule has 0 spiro atoms. The maximum atomic E-state index is 9.70. The highest BCUT2D eigenvalue weighted by Gasteiger charge is 2.08. The van der Waals surface area contributed by atoms with E-state index in [1.807, 2.05) is 13.8 Å². The normalized spacial score (nSPS) is 12.6. The summed E-state index contributed by atoms with van der Waals surface area (Å²) in [4.78, 5) is 4.23. The average molecular weight is 284 g/mol. The van der Waals surface area contributed by atoms with E-state index in [0.29, 0.717) is 24.9 Å². The van der Waals surface area contributed by atoms with E-state index < -0.39 is 6.10 Å². The molecule has 2 heterocycles. The van der Waals surface area contributed by atoms with Gasteiger partial charge in [-0.3, -0.25) is 0 Å². The van der Waals surface area contributed by atoms with Crippen LogP contribution in [-0.2, 0) is 6.54 Å². The fourth-order valence-corrected chi connectivity index (χ4v) is 1.79. The Morgan fingerprint density at radius 3 is 3.00 bits per heavy atom. The van der Waals surface area contributed by atoms with E-state index >= 15 is 0 Å². The number of rotatable bonds is 7. The first kappa shape index (κ1) is 13.9. The molecule has 104 valence electrons. The van der Waals surface area contributed by atoms with Gasteiger partial charge in [-0.05, 0) is 13.8 Å². The van der Waals surface area contributed by atoms with Crippen molar-refractivity contribution in [1.82, 2.24) is 19.0 Å². The lowest BCUT2D eigenvalue weighted by Gasteiger charge is -2.10. The molecule has 0 radical (unpaired) electrons. The molecule has 8 heteroatoms. The quantitative estimate of drug-likeness (QED) is 0.772. The molecule has 0 fully saturated rings. The van der Waals surface area contributed by atoms with Gasteiger partial charge in [-0.15, -0.1) is 4.37 Å². The molecule has 0 aliphatic heterocycles. The highest BCUT2D eigenvalue weighted by molar-refractivity contribution is 6.99. The maximum Gasteiger partial charge on any atom is 0.245 e. The number of aromatic nitrogens is 3. The van der Waals surface area contributed by atoms with Crippen molar-refractivity contribution in [1.29, 1.82) is 0 Å². The van der Waals surface area contributed by atoms with Crippen LogP contribution in [0, 0.1) is 13.8 Å². The second-order valence-electron chi connectivity index (χ2n) is 4.09. The summed E-state index contributed by atoms with van der Waals surface area (Å²) < 4.78 is 18.3. The average Bonchev–Trinajstić information content (AvgIpc) is 2.98.